The summed E-state index contributed by atoms with van der Waals surface area (Å²) < 4.78 is 19.0. The summed E-state index contributed by atoms with van der Waals surface area (Å²) in [7, 11) is 1.45. The Morgan fingerprint density at radius 2 is 2.20 bits per heavy atom. The molecule has 0 aliphatic heterocycles. The van der Waals surface area contributed by atoms with E-state index in [0.29, 0.717) is 5.75 Å². The van der Waals surface area contributed by atoms with Crippen LogP contribution in [0.25, 0.3) is 0 Å². The van der Waals surface area contributed by atoms with Crippen molar-refractivity contribution < 1.29 is 13.9 Å². The number of alkyl halides is 1. The molecule has 0 spiro atoms. The highest BCUT2D eigenvalue weighted by atomic mass is 19.1. The second-order valence-electron chi connectivity index (χ2n) is 3.31. The standard InChI is InChI=1S/C11H12FNO2/c1-8-5-4-6-9(10(8)15-3)11(2,12)13-7-14/h4-6H,1-3H3. The smallest absolute Gasteiger partial charge is 0.238 e. The van der Waals surface area contributed by atoms with Gasteiger partial charge in [0, 0.05) is 0 Å². The van der Waals surface area contributed by atoms with Crippen molar-refractivity contribution in [3.8, 4) is 5.75 Å². The molecule has 4 heteroatoms. The number of ether oxygens (including phenoxy) is 1. The van der Waals surface area contributed by atoms with E-state index in [-0.39, 0.29) is 5.56 Å². The molecule has 0 heterocycles. The van der Waals surface area contributed by atoms with Crippen LogP contribution in [0.2, 0.25) is 0 Å². The maximum Gasteiger partial charge on any atom is 0.238 e. The van der Waals surface area contributed by atoms with Gasteiger partial charge in [0.15, 0.2) is 0 Å². The van der Waals surface area contributed by atoms with Crippen molar-refractivity contribution >= 4 is 6.08 Å². The Balaban J connectivity index is 3.36. The first kappa shape index (κ1) is 11.4. The molecular weight excluding hydrogens is 197 g/mol. The molecule has 1 aromatic carbocycles. The van der Waals surface area contributed by atoms with E-state index < -0.39 is 5.79 Å². The van der Waals surface area contributed by atoms with Gasteiger partial charge < -0.3 is 4.74 Å². The lowest BCUT2D eigenvalue weighted by Crippen LogP contribution is -2.13. The molecule has 0 aliphatic rings. The van der Waals surface area contributed by atoms with Gasteiger partial charge in [0.1, 0.15) is 5.75 Å². The van der Waals surface area contributed by atoms with E-state index in [4.69, 9.17) is 4.74 Å². The first-order valence-electron chi connectivity index (χ1n) is 4.45. The zero-order valence-corrected chi connectivity index (χ0v) is 8.87. The van der Waals surface area contributed by atoms with Crippen molar-refractivity contribution in [1.82, 2.24) is 0 Å². The zero-order chi connectivity index (χ0) is 11.5. The van der Waals surface area contributed by atoms with Crippen LogP contribution in [0.3, 0.4) is 0 Å². The maximum atomic E-state index is 13.9. The topological polar surface area (TPSA) is 38.7 Å². The van der Waals surface area contributed by atoms with Crippen molar-refractivity contribution in [2.75, 3.05) is 7.11 Å². The molecule has 0 aliphatic carbocycles. The summed E-state index contributed by atoms with van der Waals surface area (Å²) in [6.45, 7) is 2.98. The van der Waals surface area contributed by atoms with Gasteiger partial charge in [0.2, 0.25) is 11.9 Å². The van der Waals surface area contributed by atoms with E-state index in [0.717, 1.165) is 5.56 Å². The van der Waals surface area contributed by atoms with Crippen LogP contribution in [0.1, 0.15) is 18.1 Å². The monoisotopic (exact) mass is 209 g/mol. The molecule has 1 aromatic rings. The highest BCUT2D eigenvalue weighted by Crippen LogP contribution is 2.35. The summed E-state index contributed by atoms with van der Waals surface area (Å²) in [6.07, 6.45) is 1.22. The van der Waals surface area contributed by atoms with Crippen LogP contribution in [-0.2, 0) is 10.6 Å². The minimum atomic E-state index is -2.10. The molecule has 0 saturated heterocycles. The van der Waals surface area contributed by atoms with Crippen LogP contribution in [0.15, 0.2) is 23.2 Å². The minimum absolute atomic E-state index is 0.230. The molecule has 3 nitrogen and oxygen atoms in total. The lowest BCUT2D eigenvalue weighted by molar-refractivity contribution is 0.198. The number of methoxy groups -OCH3 is 1. The Kier molecular flexibility index (Phi) is 3.22. The number of aryl methyl sites for hydroxylation is 1. The summed E-state index contributed by atoms with van der Waals surface area (Å²) in [6, 6.07) is 5.01. The third-order valence-electron chi connectivity index (χ3n) is 2.16. The fourth-order valence-electron chi connectivity index (χ4n) is 1.43. The van der Waals surface area contributed by atoms with Crippen LogP contribution in [0.5, 0.6) is 5.75 Å². The summed E-state index contributed by atoms with van der Waals surface area (Å²) >= 11 is 0. The molecule has 15 heavy (non-hydrogen) atoms. The first-order chi connectivity index (χ1) is 7.03. The van der Waals surface area contributed by atoms with Crippen LogP contribution in [-0.4, -0.2) is 13.2 Å². The third-order valence-corrected chi connectivity index (χ3v) is 2.16. The average molecular weight is 209 g/mol. The molecule has 0 saturated carbocycles. The number of isocyanates is 1. The number of hydrogen-bond donors (Lipinski definition) is 0. The molecule has 0 N–H and O–H groups in total. The number of benzene rings is 1. The summed E-state index contributed by atoms with van der Waals surface area (Å²) in [5, 5.41) is 0. The van der Waals surface area contributed by atoms with E-state index >= 15 is 0 Å². The normalized spacial score (nSPS) is 13.9. The Morgan fingerprint density at radius 1 is 1.53 bits per heavy atom. The lowest BCUT2D eigenvalue weighted by Gasteiger charge is -2.18. The van der Waals surface area contributed by atoms with E-state index in [1.54, 1.807) is 19.1 Å². The summed E-state index contributed by atoms with van der Waals surface area (Å²) in [5.74, 6) is -1.69. The van der Waals surface area contributed by atoms with Crippen molar-refractivity contribution in [3.05, 3.63) is 29.3 Å². The number of nitrogens with zero attached hydrogens (tertiary/aromatic N) is 1. The molecular formula is C11H12FNO2. The number of halogens is 1. The van der Waals surface area contributed by atoms with Crippen molar-refractivity contribution in [1.29, 1.82) is 0 Å². The molecule has 1 atom stereocenters. The number of aliphatic imine (C=N–C) groups is 1. The zero-order valence-electron chi connectivity index (χ0n) is 8.87. The fraction of sp³-hybridized carbons (Fsp3) is 0.364. The SMILES string of the molecule is COc1c(C)cccc1C(C)(F)N=C=O. The summed E-state index contributed by atoms with van der Waals surface area (Å²) in [4.78, 5) is 13.2. The van der Waals surface area contributed by atoms with Gasteiger partial charge in [-0.2, -0.15) is 4.99 Å². The van der Waals surface area contributed by atoms with Gasteiger partial charge >= 0.3 is 0 Å². The van der Waals surface area contributed by atoms with Gasteiger partial charge in [-0.1, -0.05) is 18.2 Å². The summed E-state index contributed by atoms with van der Waals surface area (Å²) in [5.41, 5.74) is 1.02. The molecule has 0 radical (unpaired) electrons. The van der Waals surface area contributed by atoms with Crippen molar-refractivity contribution in [2.24, 2.45) is 4.99 Å². The second-order valence-corrected chi connectivity index (χ2v) is 3.31. The maximum absolute atomic E-state index is 13.9. The highest BCUT2D eigenvalue weighted by molar-refractivity contribution is 5.46. The quantitative estimate of drug-likeness (QED) is 0.436. The molecule has 0 bridgehead atoms. The predicted molar refractivity (Wildman–Crippen MR) is 54.3 cm³/mol. The van der Waals surface area contributed by atoms with Crippen molar-refractivity contribution in [3.63, 3.8) is 0 Å². The third kappa shape index (κ3) is 2.22. The fourth-order valence-corrected chi connectivity index (χ4v) is 1.43. The molecule has 80 valence electrons. The van der Waals surface area contributed by atoms with Gasteiger partial charge in [0.25, 0.3) is 0 Å². The van der Waals surface area contributed by atoms with Crippen LogP contribution >= 0.6 is 0 Å². The molecule has 0 fully saturated rings. The number of carbonyl (C=O) groups excluding carboxylic acids is 1. The van der Waals surface area contributed by atoms with E-state index in [2.05, 4.69) is 4.99 Å². The first-order valence-corrected chi connectivity index (χ1v) is 4.45. The van der Waals surface area contributed by atoms with Gasteiger partial charge in [-0.25, -0.2) is 9.18 Å². The average Bonchev–Trinajstić information content (AvgIpc) is 2.17. The predicted octanol–water partition coefficient (Wildman–Crippen LogP) is 2.48. The van der Waals surface area contributed by atoms with E-state index in [1.165, 1.54) is 26.2 Å². The van der Waals surface area contributed by atoms with Gasteiger partial charge in [-0.15, -0.1) is 0 Å². The van der Waals surface area contributed by atoms with Crippen LogP contribution in [0, 0.1) is 6.92 Å². The van der Waals surface area contributed by atoms with Gasteiger partial charge in [0.05, 0.1) is 12.7 Å². The lowest BCUT2D eigenvalue weighted by atomic mass is 10.0. The molecule has 1 rings (SSSR count). The Labute approximate surface area is 87.6 Å². The second kappa shape index (κ2) is 4.24. The van der Waals surface area contributed by atoms with Gasteiger partial charge in [-0.3, -0.25) is 0 Å². The Bertz CT molecular complexity index is 409. The number of rotatable bonds is 3. The Hall–Kier alpha value is -1.67. The van der Waals surface area contributed by atoms with Crippen LogP contribution in [0.4, 0.5) is 4.39 Å². The number of hydrogen-bond acceptors (Lipinski definition) is 3. The van der Waals surface area contributed by atoms with Gasteiger partial charge in [-0.05, 0) is 19.4 Å². The number of para-hydroxylation sites is 1. The van der Waals surface area contributed by atoms with Crippen LogP contribution < -0.4 is 4.74 Å². The molecule has 0 aromatic heterocycles. The minimum Gasteiger partial charge on any atom is -0.496 e. The molecule has 1 unspecified atom stereocenters. The largest absolute Gasteiger partial charge is 0.496 e. The molecule has 0 amide bonds. The van der Waals surface area contributed by atoms with E-state index in [1.807, 2.05) is 0 Å². The highest BCUT2D eigenvalue weighted by Gasteiger charge is 2.29. The van der Waals surface area contributed by atoms with Crippen molar-refractivity contribution in [2.45, 2.75) is 19.6 Å². The Morgan fingerprint density at radius 3 is 2.73 bits per heavy atom. The van der Waals surface area contributed by atoms with E-state index in [9.17, 15) is 9.18 Å².